The van der Waals surface area contributed by atoms with Gasteiger partial charge < -0.3 is 5.11 Å². The molecule has 0 bridgehead atoms. The Morgan fingerprint density at radius 1 is 0.788 bits per heavy atom. The van der Waals surface area contributed by atoms with Crippen molar-refractivity contribution in [3.8, 4) is 0 Å². The lowest BCUT2D eigenvalue weighted by Crippen LogP contribution is -2.30. The number of aryl methyl sites for hydroxylation is 2. The first-order chi connectivity index (χ1) is 16.0. The van der Waals surface area contributed by atoms with Crippen molar-refractivity contribution in [3.05, 3.63) is 119 Å². The van der Waals surface area contributed by atoms with Gasteiger partial charge in [0, 0.05) is 11.3 Å². The predicted octanol–water partition coefficient (Wildman–Crippen LogP) is 6.08. The fraction of sp³-hybridized carbons (Fsp3) is 0.103. The Labute approximate surface area is 192 Å². The molecule has 1 unspecified atom stereocenters. The Kier molecular flexibility index (Phi) is 5.06. The van der Waals surface area contributed by atoms with Crippen LogP contribution in [0.2, 0.25) is 0 Å². The van der Waals surface area contributed by atoms with E-state index in [1.807, 2.05) is 98.8 Å². The molecule has 0 aliphatic carbocycles. The predicted molar refractivity (Wildman–Crippen MR) is 131 cm³/mol. The summed E-state index contributed by atoms with van der Waals surface area (Å²) in [6, 6.07) is 27.8. The lowest BCUT2D eigenvalue weighted by atomic mass is 9.93. The monoisotopic (exact) mass is 433 g/mol. The molecule has 162 valence electrons. The molecule has 5 rings (SSSR count). The second kappa shape index (κ2) is 8.06. The molecular weight excluding hydrogens is 410 g/mol. The normalized spacial score (nSPS) is 17.6. The molecule has 4 heteroatoms. The van der Waals surface area contributed by atoms with Crippen molar-refractivity contribution < 1.29 is 14.7 Å². The third kappa shape index (κ3) is 3.50. The van der Waals surface area contributed by atoms with Gasteiger partial charge in [0.05, 0.1) is 11.6 Å². The number of hydrogen-bond donors (Lipinski definition) is 1. The molecule has 4 nitrogen and oxygen atoms in total. The van der Waals surface area contributed by atoms with Gasteiger partial charge in [-0.2, -0.15) is 0 Å². The minimum atomic E-state index is -0.725. The fourth-order valence-corrected chi connectivity index (χ4v) is 4.56. The highest BCUT2D eigenvalue weighted by Crippen LogP contribution is 2.43. The highest BCUT2D eigenvalue weighted by atomic mass is 16.3. The van der Waals surface area contributed by atoms with E-state index in [0.29, 0.717) is 11.3 Å². The van der Waals surface area contributed by atoms with Gasteiger partial charge in [0.1, 0.15) is 5.76 Å². The molecule has 0 spiro atoms. The molecule has 1 aliphatic heterocycles. The lowest BCUT2D eigenvalue weighted by molar-refractivity contribution is -0.132. The van der Waals surface area contributed by atoms with Crippen molar-refractivity contribution in [1.82, 2.24) is 0 Å². The van der Waals surface area contributed by atoms with Crippen molar-refractivity contribution in [2.24, 2.45) is 0 Å². The first kappa shape index (κ1) is 20.7. The summed E-state index contributed by atoms with van der Waals surface area (Å²) in [6.07, 6.45) is 0. The molecule has 4 aromatic carbocycles. The minimum absolute atomic E-state index is 0.101. The Bertz CT molecular complexity index is 1450. The van der Waals surface area contributed by atoms with E-state index in [1.165, 1.54) is 4.90 Å². The maximum atomic E-state index is 13.3. The van der Waals surface area contributed by atoms with Gasteiger partial charge in [-0.25, -0.2) is 0 Å². The summed E-state index contributed by atoms with van der Waals surface area (Å²) in [5, 5.41) is 13.4. The van der Waals surface area contributed by atoms with Crippen molar-refractivity contribution in [2.45, 2.75) is 19.9 Å². The average Bonchev–Trinajstić information content (AvgIpc) is 3.09. The molecule has 4 aromatic rings. The molecule has 33 heavy (non-hydrogen) atoms. The van der Waals surface area contributed by atoms with E-state index < -0.39 is 17.7 Å². The Hall–Kier alpha value is -4.18. The number of amides is 1. The average molecular weight is 434 g/mol. The summed E-state index contributed by atoms with van der Waals surface area (Å²) >= 11 is 0. The first-order valence-electron chi connectivity index (χ1n) is 10.9. The number of ketones is 1. The molecule has 0 radical (unpaired) electrons. The summed E-state index contributed by atoms with van der Waals surface area (Å²) in [5.41, 5.74) is 3.93. The van der Waals surface area contributed by atoms with E-state index in [-0.39, 0.29) is 11.3 Å². The van der Waals surface area contributed by atoms with Crippen LogP contribution in [0.25, 0.3) is 16.5 Å². The van der Waals surface area contributed by atoms with E-state index in [4.69, 9.17) is 0 Å². The summed E-state index contributed by atoms with van der Waals surface area (Å²) in [7, 11) is 0. The van der Waals surface area contributed by atoms with Crippen LogP contribution in [0.5, 0.6) is 0 Å². The SMILES string of the molecule is Cc1cccc(C2/C(=C(/O)c3ccc4ccccc4c3)C(=O)C(=O)N2c2ccccc2C)c1. The summed E-state index contributed by atoms with van der Waals surface area (Å²) < 4.78 is 0. The van der Waals surface area contributed by atoms with E-state index in [0.717, 1.165) is 27.5 Å². The van der Waals surface area contributed by atoms with Gasteiger partial charge in [0.25, 0.3) is 11.7 Å². The molecule has 1 amide bonds. The van der Waals surface area contributed by atoms with Crippen molar-refractivity contribution >= 4 is 33.9 Å². The zero-order valence-electron chi connectivity index (χ0n) is 18.4. The number of aliphatic hydroxyl groups is 1. The van der Waals surface area contributed by atoms with Crippen molar-refractivity contribution in [3.63, 3.8) is 0 Å². The van der Waals surface area contributed by atoms with Crippen LogP contribution >= 0.6 is 0 Å². The Morgan fingerprint density at radius 3 is 2.27 bits per heavy atom. The smallest absolute Gasteiger partial charge is 0.300 e. The molecule has 1 saturated heterocycles. The van der Waals surface area contributed by atoms with Crippen LogP contribution in [0.4, 0.5) is 5.69 Å². The Balaban J connectivity index is 1.76. The van der Waals surface area contributed by atoms with Crippen LogP contribution in [0.15, 0.2) is 96.6 Å². The number of para-hydroxylation sites is 1. The quantitative estimate of drug-likeness (QED) is 0.242. The van der Waals surface area contributed by atoms with Gasteiger partial charge in [-0.3, -0.25) is 14.5 Å². The maximum absolute atomic E-state index is 13.3. The molecule has 0 aromatic heterocycles. The lowest BCUT2D eigenvalue weighted by Gasteiger charge is -2.27. The van der Waals surface area contributed by atoms with Crippen LogP contribution in [0.1, 0.15) is 28.3 Å². The number of carbonyl (C=O) groups excluding carboxylic acids is 2. The molecule has 1 aliphatic rings. The third-order valence-electron chi connectivity index (χ3n) is 6.20. The number of benzene rings is 4. The number of rotatable bonds is 3. The zero-order chi connectivity index (χ0) is 23.1. The van der Waals surface area contributed by atoms with Crippen LogP contribution in [0, 0.1) is 13.8 Å². The highest BCUT2D eigenvalue weighted by Gasteiger charge is 2.47. The Morgan fingerprint density at radius 2 is 1.52 bits per heavy atom. The standard InChI is InChI=1S/C29H23NO3/c1-18-8-7-12-22(16-18)26-25(27(31)23-15-14-20-10-4-5-11-21(20)17-23)28(32)29(33)30(26)24-13-6-3-9-19(24)2/h3-17,26,31H,1-2H3/b27-25-. The molecule has 1 fully saturated rings. The van der Waals surface area contributed by atoms with Gasteiger partial charge in [0.15, 0.2) is 0 Å². The molecule has 1 heterocycles. The topological polar surface area (TPSA) is 57.6 Å². The summed E-state index contributed by atoms with van der Waals surface area (Å²) in [5.74, 6) is -1.49. The molecule has 0 saturated carbocycles. The van der Waals surface area contributed by atoms with Gasteiger partial charge in [0.2, 0.25) is 0 Å². The van der Waals surface area contributed by atoms with E-state index in [1.54, 1.807) is 6.07 Å². The van der Waals surface area contributed by atoms with Crippen LogP contribution in [-0.4, -0.2) is 16.8 Å². The molecule has 1 N–H and O–H groups in total. The third-order valence-corrected chi connectivity index (χ3v) is 6.20. The number of carbonyl (C=O) groups is 2. The van der Waals surface area contributed by atoms with Gasteiger partial charge in [-0.1, -0.05) is 84.4 Å². The van der Waals surface area contributed by atoms with Crippen LogP contribution < -0.4 is 4.90 Å². The minimum Gasteiger partial charge on any atom is -0.507 e. The summed E-state index contributed by atoms with van der Waals surface area (Å²) in [4.78, 5) is 28.2. The number of fused-ring (bicyclic) bond motifs is 1. The maximum Gasteiger partial charge on any atom is 0.300 e. The fourth-order valence-electron chi connectivity index (χ4n) is 4.56. The molecule has 1 atom stereocenters. The zero-order valence-corrected chi connectivity index (χ0v) is 18.4. The van der Waals surface area contributed by atoms with Crippen LogP contribution in [-0.2, 0) is 9.59 Å². The van der Waals surface area contributed by atoms with Gasteiger partial charge in [-0.15, -0.1) is 0 Å². The van der Waals surface area contributed by atoms with E-state index in [9.17, 15) is 14.7 Å². The van der Waals surface area contributed by atoms with Crippen LogP contribution in [0.3, 0.4) is 0 Å². The van der Waals surface area contributed by atoms with Crippen molar-refractivity contribution in [2.75, 3.05) is 4.90 Å². The van der Waals surface area contributed by atoms with Crippen molar-refractivity contribution in [1.29, 1.82) is 0 Å². The second-order valence-electron chi connectivity index (χ2n) is 8.43. The number of nitrogens with zero attached hydrogens (tertiary/aromatic N) is 1. The number of anilines is 1. The highest BCUT2D eigenvalue weighted by molar-refractivity contribution is 6.51. The first-order valence-corrected chi connectivity index (χ1v) is 10.9. The van der Waals surface area contributed by atoms with E-state index >= 15 is 0 Å². The largest absolute Gasteiger partial charge is 0.507 e. The molecular formula is C29H23NO3. The van der Waals surface area contributed by atoms with Gasteiger partial charge >= 0.3 is 0 Å². The van der Waals surface area contributed by atoms with Gasteiger partial charge in [-0.05, 0) is 47.9 Å². The summed E-state index contributed by atoms with van der Waals surface area (Å²) in [6.45, 7) is 3.87. The number of aliphatic hydroxyl groups excluding tert-OH is 1. The second-order valence-corrected chi connectivity index (χ2v) is 8.43. The number of hydrogen-bond acceptors (Lipinski definition) is 3. The van der Waals surface area contributed by atoms with E-state index in [2.05, 4.69) is 0 Å². The number of Topliss-reactive ketones (excluding diaryl/α,β-unsaturated/α-hetero) is 1.